The molecule has 1 N–H and O–H groups in total. The van der Waals surface area contributed by atoms with Crippen LogP contribution in [0.2, 0.25) is 5.02 Å². The Labute approximate surface area is 218 Å². The van der Waals surface area contributed by atoms with Crippen LogP contribution in [0, 0.1) is 23.2 Å². The number of aryl methyl sites for hydroxylation is 1. The number of fused-ring (bicyclic) bond motifs is 6. The Morgan fingerprint density at radius 2 is 1.95 bits per heavy atom. The van der Waals surface area contributed by atoms with Gasteiger partial charge in [0.2, 0.25) is 5.91 Å². The van der Waals surface area contributed by atoms with E-state index >= 15 is 0 Å². The second-order valence-corrected chi connectivity index (χ2v) is 10.8. The first-order valence-electron chi connectivity index (χ1n) is 12.3. The summed E-state index contributed by atoms with van der Waals surface area (Å²) >= 11 is 6.12. The summed E-state index contributed by atoms with van der Waals surface area (Å²) in [5, 5.41) is 23.2. The number of anilines is 1. The van der Waals surface area contributed by atoms with Gasteiger partial charge in [0.1, 0.15) is 11.8 Å². The smallest absolute Gasteiger partial charge is 0.250 e. The van der Waals surface area contributed by atoms with Gasteiger partial charge in [-0.3, -0.25) is 14.5 Å². The SMILES string of the molecule is CO[C@H]1CC2(CCn3cc(Cl)ccc3=O)OC1(C)[C@@H]1C(=O)N(c3ccc(C#N)c4ccccc34)C(O)[C@@H]12. The molecule has 3 fully saturated rings. The lowest BCUT2D eigenvalue weighted by atomic mass is 9.65. The highest BCUT2D eigenvalue weighted by Crippen LogP contribution is 2.64. The van der Waals surface area contributed by atoms with Gasteiger partial charge in [-0.15, -0.1) is 0 Å². The van der Waals surface area contributed by atoms with Crippen molar-refractivity contribution in [3.63, 3.8) is 0 Å². The van der Waals surface area contributed by atoms with Crippen molar-refractivity contribution in [2.24, 2.45) is 11.8 Å². The number of nitrogens with zero attached hydrogens (tertiary/aromatic N) is 3. The van der Waals surface area contributed by atoms with Crippen molar-refractivity contribution in [2.75, 3.05) is 12.0 Å². The van der Waals surface area contributed by atoms with E-state index in [1.54, 1.807) is 31.5 Å². The van der Waals surface area contributed by atoms with Crippen LogP contribution >= 0.6 is 11.6 Å². The molecule has 3 aliphatic rings. The molecule has 1 aromatic heterocycles. The monoisotopic (exact) mass is 519 g/mol. The maximum atomic E-state index is 14.1. The molecule has 9 heteroatoms. The van der Waals surface area contributed by atoms with Gasteiger partial charge in [0.05, 0.1) is 40.0 Å². The minimum absolute atomic E-state index is 0.187. The Bertz CT molecular complexity index is 1530. The van der Waals surface area contributed by atoms with E-state index in [1.807, 2.05) is 31.2 Å². The summed E-state index contributed by atoms with van der Waals surface area (Å²) in [7, 11) is 1.60. The molecule has 6 rings (SSSR count). The molecule has 2 aromatic carbocycles. The van der Waals surface area contributed by atoms with Gasteiger partial charge in [0.25, 0.3) is 5.56 Å². The molecule has 8 nitrogen and oxygen atoms in total. The first-order valence-corrected chi connectivity index (χ1v) is 12.6. The first kappa shape index (κ1) is 24.1. The van der Waals surface area contributed by atoms with Crippen LogP contribution < -0.4 is 10.5 Å². The molecule has 3 aromatic rings. The number of carbonyl (C=O) groups is 1. The Kier molecular flexibility index (Phi) is 5.48. The van der Waals surface area contributed by atoms with Crippen LogP contribution in [0.1, 0.15) is 25.3 Å². The molecule has 37 heavy (non-hydrogen) atoms. The number of nitriles is 1. The molecule has 0 aliphatic carbocycles. The van der Waals surface area contributed by atoms with Gasteiger partial charge in [0, 0.05) is 49.0 Å². The molecule has 1 amide bonds. The van der Waals surface area contributed by atoms with E-state index in [-0.39, 0.29) is 17.6 Å². The van der Waals surface area contributed by atoms with Gasteiger partial charge < -0.3 is 19.1 Å². The number of halogens is 1. The lowest BCUT2D eigenvalue weighted by Crippen LogP contribution is -2.51. The number of aromatic nitrogens is 1. The Morgan fingerprint density at radius 1 is 1.19 bits per heavy atom. The number of aliphatic hydroxyl groups is 1. The van der Waals surface area contributed by atoms with Crippen molar-refractivity contribution in [2.45, 2.75) is 49.8 Å². The number of hydrogen-bond donors (Lipinski definition) is 1. The summed E-state index contributed by atoms with van der Waals surface area (Å²) in [6, 6.07) is 15.9. The summed E-state index contributed by atoms with van der Waals surface area (Å²) in [6.45, 7) is 2.19. The molecule has 0 saturated carbocycles. The lowest BCUT2D eigenvalue weighted by molar-refractivity contribution is -0.134. The Hall–Kier alpha value is -3.22. The fourth-order valence-corrected chi connectivity index (χ4v) is 7.13. The number of amides is 1. The van der Waals surface area contributed by atoms with E-state index in [0.29, 0.717) is 35.7 Å². The minimum atomic E-state index is -1.15. The van der Waals surface area contributed by atoms with E-state index in [9.17, 15) is 20.0 Å². The molecule has 3 unspecified atom stereocenters. The van der Waals surface area contributed by atoms with Crippen LogP contribution in [0.4, 0.5) is 5.69 Å². The molecule has 190 valence electrons. The third-order valence-corrected chi connectivity index (χ3v) is 8.78. The number of pyridine rings is 1. The third-order valence-electron chi connectivity index (χ3n) is 8.56. The molecule has 3 aliphatic heterocycles. The maximum Gasteiger partial charge on any atom is 0.250 e. The fraction of sp³-hybridized carbons (Fsp3) is 0.393. The minimum Gasteiger partial charge on any atom is -0.378 e. The molecule has 0 radical (unpaired) electrons. The molecular formula is C28H26ClN3O5. The van der Waals surface area contributed by atoms with E-state index in [1.165, 1.54) is 15.5 Å². The van der Waals surface area contributed by atoms with Crippen LogP contribution in [0.3, 0.4) is 0 Å². The van der Waals surface area contributed by atoms with Crippen molar-refractivity contribution >= 4 is 34.0 Å². The number of carbonyl (C=O) groups excluding carboxylic acids is 1. The standard InChI is InChI=1S/C28H26ClN3O5/c1-27-21(36-2)13-28(37-27,11-12-31-15-17(29)8-10-22(31)33)24-23(27)25(34)32(26(24)35)20-9-7-16(14-30)18-5-3-4-6-19(18)20/h3-10,15,21,23-24,26,35H,11-13H2,1-2H3/t21-,23-,24+,26?,27?,28?/m0/s1. The average molecular weight is 520 g/mol. The number of methoxy groups -OCH3 is 1. The van der Waals surface area contributed by atoms with Crippen molar-refractivity contribution in [1.82, 2.24) is 4.57 Å². The van der Waals surface area contributed by atoms with Gasteiger partial charge in [-0.25, -0.2) is 0 Å². The predicted octanol–water partition coefficient (Wildman–Crippen LogP) is 3.46. The number of benzene rings is 2. The lowest BCUT2D eigenvalue weighted by Gasteiger charge is -2.37. The molecular weight excluding hydrogens is 494 g/mol. The van der Waals surface area contributed by atoms with Gasteiger partial charge in [-0.2, -0.15) is 5.26 Å². The highest BCUT2D eigenvalue weighted by atomic mass is 35.5. The quantitative estimate of drug-likeness (QED) is 0.553. The zero-order valence-corrected chi connectivity index (χ0v) is 21.2. The van der Waals surface area contributed by atoms with Crippen LogP contribution in [0.5, 0.6) is 0 Å². The molecule has 2 bridgehead atoms. The Morgan fingerprint density at radius 3 is 2.68 bits per heavy atom. The molecule has 3 saturated heterocycles. The van der Waals surface area contributed by atoms with Gasteiger partial charge in [-0.05, 0) is 31.5 Å². The van der Waals surface area contributed by atoms with Crippen LogP contribution in [-0.2, 0) is 20.8 Å². The molecule has 0 spiro atoms. The normalized spacial score (nSPS) is 32.2. The summed E-state index contributed by atoms with van der Waals surface area (Å²) in [6.07, 6.45) is 0.974. The Balaban J connectivity index is 1.43. The number of ether oxygens (including phenoxy) is 2. The largest absolute Gasteiger partial charge is 0.378 e. The zero-order chi connectivity index (χ0) is 26.1. The van der Waals surface area contributed by atoms with Crippen molar-refractivity contribution in [1.29, 1.82) is 5.26 Å². The topological polar surface area (TPSA) is 105 Å². The second-order valence-electron chi connectivity index (χ2n) is 10.3. The summed E-state index contributed by atoms with van der Waals surface area (Å²) in [5.74, 6) is -1.40. The van der Waals surface area contributed by atoms with Crippen LogP contribution in [0.15, 0.2) is 59.5 Å². The second kappa shape index (κ2) is 8.40. The number of rotatable bonds is 5. The molecule has 6 atom stereocenters. The number of aliphatic hydroxyl groups excluding tert-OH is 1. The van der Waals surface area contributed by atoms with E-state index in [2.05, 4.69) is 6.07 Å². The van der Waals surface area contributed by atoms with Crippen molar-refractivity contribution < 1.29 is 19.4 Å². The zero-order valence-electron chi connectivity index (χ0n) is 20.4. The average Bonchev–Trinajstić information content (AvgIpc) is 3.45. The fourth-order valence-electron chi connectivity index (χ4n) is 6.95. The van der Waals surface area contributed by atoms with Crippen molar-refractivity contribution in [3.8, 4) is 6.07 Å². The van der Waals surface area contributed by atoms with Crippen LogP contribution in [0.25, 0.3) is 10.8 Å². The summed E-state index contributed by atoms with van der Waals surface area (Å²) < 4.78 is 14.0. The van der Waals surface area contributed by atoms with Gasteiger partial charge >= 0.3 is 0 Å². The van der Waals surface area contributed by atoms with E-state index < -0.39 is 29.3 Å². The highest BCUT2D eigenvalue weighted by molar-refractivity contribution is 6.30. The predicted molar refractivity (Wildman–Crippen MR) is 137 cm³/mol. The first-order chi connectivity index (χ1) is 17.7. The number of hydrogen-bond acceptors (Lipinski definition) is 6. The summed E-state index contributed by atoms with van der Waals surface area (Å²) in [5.41, 5.74) is -0.950. The van der Waals surface area contributed by atoms with E-state index in [0.717, 1.165) is 10.8 Å². The highest BCUT2D eigenvalue weighted by Gasteiger charge is 2.76. The van der Waals surface area contributed by atoms with E-state index in [4.69, 9.17) is 21.1 Å². The molecule has 4 heterocycles. The van der Waals surface area contributed by atoms with Gasteiger partial charge in [0.15, 0.2) is 0 Å². The maximum absolute atomic E-state index is 14.1. The van der Waals surface area contributed by atoms with Crippen LogP contribution in [-0.4, -0.2) is 46.2 Å². The van der Waals surface area contributed by atoms with Gasteiger partial charge in [-0.1, -0.05) is 35.9 Å². The van der Waals surface area contributed by atoms with Crippen molar-refractivity contribution in [3.05, 3.63) is 75.7 Å². The summed E-state index contributed by atoms with van der Waals surface area (Å²) in [4.78, 5) is 27.9. The third kappa shape index (κ3) is 3.32.